The van der Waals surface area contributed by atoms with Gasteiger partial charge in [-0.1, -0.05) is 0 Å². The van der Waals surface area contributed by atoms with Gasteiger partial charge in [0.2, 0.25) is 11.0 Å². The molecule has 0 atom stereocenters. The van der Waals surface area contributed by atoms with E-state index in [2.05, 4.69) is 35.6 Å². The molecule has 9 nitrogen and oxygen atoms in total. The van der Waals surface area contributed by atoms with Crippen LogP contribution in [0, 0.1) is 0 Å². The molecule has 4 rings (SSSR count). The summed E-state index contributed by atoms with van der Waals surface area (Å²) in [4.78, 5) is 34.0. The van der Waals surface area contributed by atoms with Gasteiger partial charge in [0.05, 0.1) is 0 Å². The third kappa shape index (κ3) is 5.10. The zero-order chi connectivity index (χ0) is 22.0. The molecule has 11 heteroatoms. The van der Waals surface area contributed by atoms with Crippen molar-refractivity contribution in [3.8, 4) is 11.5 Å². The maximum atomic E-state index is 11.6. The molecule has 3 aromatic heterocycles. The number of pyridine rings is 2. The van der Waals surface area contributed by atoms with Gasteiger partial charge in [0.25, 0.3) is 5.56 Å². The molecule has 0 unspecified atom stereocenters. The Morgan fingerprint density at radius 2 is 2.10 bits per heavy atom. The van der Waals surface area contributed by atoms with Crippen LogP contribution < -0.4 is 15.6 Å². The number of piperidine rings is 1. The molecule has 0 bridgehead atoms. The number of aromatic nitrogens is 4. The molecule has 31 heavy (non-hydrogen) atoms. The molecule has 0 spiro atoms. The molecule has 1 fully saturated rings. The Bertz CT molecular complexity index is 1160. The van der Waals surface area contributed by atoms with Crippen molar-refractivity contribution in [2.75, 3.05) is 18.4 Å². The van der Waals surface area contributed by atoms with Gasteiger partial charge in [-0.05, 0) is 34.8 Å². The number of carbonyl (C=O) groups excluding carboxylic acids is 1. The first-order chi connectivity index (χ1) is 14.9. The second-order valence-corrected chi connectivity index (χ2v) is 8.95. The van der Waals surface area contributed by atoms with Gasteiger partial charge in [0.1, 0.15) is 11.6 Å². The molecule has 162 valence electrons. The Kier molecular flexibility index (Phi) is 6.33. The van der Waals surface area contributed by atoms with E-state index in [1.54, 1.807) is 38.5 Å². The van der Waals surface area contributed by atoms with Gasteiger partial charge in [-0.25, -0.2) is 9.97 Å². The highest BCUT2D eigenvalue weighted by Gasteiger charge is 2.25. The fourth-order valence-corrected chi connectivity index (χ4v) is 4.31. The number of carbonyl (C=O) groups is 1. The third-order valence-corrected chi connectivity index (χ3v) is 6.16. The van der Waals surface area contributed by atoms with Gasteiger partial charge in [0.15, 0.2) is 11.6 Å². The van der Waals surface area contributed by atoms with Crippen molar-refractivity contribution in [1.82, 2.24) is 23.8 Å². The van der Waals surface area contributed by atoms with Crippen molar-refractivity contribution >= 4 is 44.3 Å². The number of rotatable bonds is 5. The standard InChI is InChI=1S/C20H21BrN6O3S/c1-12(28)27-7-5-13(6-8-27)18-23-20(31-25-18)24-19-16(9-14(21)10-22-19)30-15-3-4-17(29)26(2)11-15/h3-4,9-11,13H,5-8H2,1-2H3,(H,22,23,24,25). The van der Waals surface area contributed by atoms with Crippen LogP contribution in [0.15, 0.2) is 39.9 Å². The van der Waals surface area contributed by atoms with E-state index in [1.807, 2.05) is 4.90 Å². The smallest absolute Gasteiger partial charge is 0.250 e. The zero-order valence-electron chi connectivity index (χ0n) is 17.0. The van der Waals surface area contributed by atoms with E-state index < -0.39 is 0 Å². The highest BCUT2D eigenvalue weighted by Crippen LogP contribution is 2.34. The summed E-state index contributed by atoms with van der Waals surface area (Å²) in [5, 5.41) is 3.80. The van der Waals surface area contributed by atoms with Crippen molar-refractivity contribution in [1.29, 1.82) is 0 Å². The molecule has 1 saturated heterocycles. The van der Waals surface area contributed by atoms with Crippen LogP contribution in [0.3, 0.4) is 0 Å². The third-order valence-electron chi connectivity index (χ3n) is 5.08. The van der Waals surface area contributed by atoms with E-state index in [0.717, 1.165) is 36.2 Å². The fourth-order valence-electron chi connectivity index (χ4n) is 3.35. The lowest BCUT2D eigenvalue weighted by Gasteiger charge is -2.29. The number of ether oxygens (including phenoxy) is 1. The summed E-state index contributed by atoms with van der Waals surface area (Å²) in [6.07, 6.45) is 4.99. The van der Waals surface area contributed by atoms with E-state index in [0.29, 0.717) is 22.4 Å². The number of nitrogens with one attached hydrogen (secondary N) is 1. The van der Waals surface area contributed by atoms with Crippen LogP contribution in [-0.4, -0.2) is 42.8 Å². The lowest BCUT2D eigenvalue weighted by molar-refractivity contribution is -0.129. The highest BCUT2D eigenvalue weighted by atomic mass is 79.9. The number of halogens is 1. The van der Waals surface area contributed by atoms with Gasteiger partial charge < -0.3 is 19.5 Å². The first-order valence-electron chi connectivity index (χ1n) is 9.75. The van der Waals surface area contributed by atoms with Crippen molar-refractivity contribution in [3.63, 3.8) is 0 Å². The first kappa shape index (κ1) is 21.4. The molecule has 0 aromatic carbocycles. The molecule has 1 aliphatic heterocycles. The quantitative estimate of drug-likeness (QED) is 0.565. The average Bonchev–Trinajstić information content (AvgIpc) is 3.21. The van der Waals surface area contributed by atoms with Crippen LogP contribution in [0.25, 0.3) is 0 Å². The molecule has 1 aliphatic rings. The summed E-state index contributed by atoms with van der Waals surface area (Å²) in [6, 6.07) is 4.85. The molecule has 1 N–H and O–H groups in total. The predicted octanol–water partition coefficient (Wildman–Crippen LogP) is 3.66. The van der Waals surface area contributed by atoms with E-state index in [1.165, 1.54) is 22.2 Å². The molecule has 1 amide bonds. The summed E-state index contributed by atoms with van der Waals surface area (Å²) in [6.45, 7) is 3.06. The molecular weight excluding hydrogens is 484 g/mol. The number of nitrogens with zero attached hydrogens (tertiary/aromatic N) is 5. The molecular formula is C20H21BrN6O3S. The number of anilines is 2. The van der Waals surface area contributed by atoms with Gasteiger partial charge in [0, 0.05) is 73.5 Å². The number of hydrogen-bond acceptors (Lipinski definition) is 8. The number of hydrogen-bond donors (Lipinski definition) is 1. The minimum atomic E-state index is -0.117. The van der Waals surface area contributed by atoms with Gasteiger partial charge in [-0.3, -0.25) is 9.59 Å². The highest BCUT2D eigenvalue weighted by molar-refractivity contribution is 9.10. The summed E-state index contributed by atoms with van der Waals surface area (Å²) >= 11 is 4.68. The van der Waals surface area contributed by atoms with Gasteiger partial charge in [-0.15, -0.1) is 0 Å². The Hall–Kier alpha value is -2.79. The lowest BCUT2D eigenvalue weighted by atomic mass is 9.96. The minimum Gasteiger partial charge on any atom is -0.452 e. The molecule has 3 aromatic rings. The molecule has 4 heterocycles. The average molecular weight is 505 g/mol. The second-order valence-electron chi connectivity index (χ2n) is 7.28. The Balaban J connectivity index is 1.49. The van der Waals surface area contributed by atoms with Crippen LogP contribution in [0.5, 0.6) is 11.5 Å². The van der Waals surface area contributed by atoms with Crippen molar-refractivity contribution in [2.24, 2.45) is 7.05 Å². The largest absolute Gasteiger partial charge is 0.452 e. The number of likely N-dealkylation sites (tertiary alicyclic amines) is 1. The van der Waals surface area contributed by atoms with Crippen molar-refractivity contribution in [3.05, 3.63) is 51.2 Å². The Labute approximate surface area is 191 Å². The fraction of sp³-hybridized carbons (Fsp3) is 0.350. The second kappa shape index (κ2) is 9.15. The Morgan fingerprint density at radius 3 is 2.81 bits per heavy atom. The number of amides is 1. The number of aryl methyl sites for hydroxylation is 1. The monoisotopic (exact) mass is 504 g/mol. The minimum absolute atomic E-state index is 0.111. The lowest BCUT2D eigenvalue weighted by Crippen LogP contribution is -2.36. The molecule has 0 radical (unpaired) electrons. The van der Waals surface area contributed by atoms with Crippen LogP contribution in [0.4, 0.5) is 10.9 Å². The summed E-state index contributed by atoms with van der Waals surface area (Å²) in [7, 11) is 1.66. The maximum Gasteiger partial charge on any atom is 0.250 e. The topological polar surface area (TPSA) is 102 Å². The van der Waals surface area contributed by atoms with E-state index in [-0.39, 0.29) is 17.4 Å². The molecule has 0 aliphatic carbocycles. The maximum absolute atomic E-state index is 11.6. The van der Waals surface area contributed by atoms with Crippen LogP contribution in [-0.2, 0) is 11.8 Å². The summed E-state index contributed by atoms with van der Waals surface area (Å²) in [5.41, 5.74) is -0.117. The summed E-state index contributed by atoms with van der Waals surface area (Å²) in [5.74, 6) is 2.63. The van der Waals surface area contributed by atoms with E-state index in [9.17, 15) is 9.59 Å². The predicted molar refractivity (Wildman–Crippen MR) is 121 cm³/mol. The van der Waals surface area contributed by atoms with Gasteiger partial charge >= 0.3 is 0 Å². The van der Waals surface area contributed by atoms with Crippen LogP contribution in [0.1, 0.15) is 31.5 Å². The SMILES string of the molecule is CC(=O)N1CCC(c2nsc(Nc3ncc(Br)cc3Oc3ccc(=O)n(C)c3)n2)CC1. The molecule has 0 saturated carbocycles. The van der Waals surface area contributed by atoms with Gasteiger partial charge in [-0.2, -0.15) is 4.37 Å². The van der Waals surface area contributed by atoms with E-state index >= 15 is 0 Å². The Morgan fingerprint density at radius 1 is 1.32 bits per heavy atom. The van der Waals surface area contributed by atoms with Crippen molar-refractivity contribution in [2.45, 2.75) is 25.7 Å². The van der Waals surface area contributed by atoms with Crippen LogP contribution in [0.2, 0.25) is 0 Å². The van der Waals surface area contributed by atoms with Crippen molar-refractivity contribution < 1.29 is 9.53 Å². The van der Waals surface area contributed by atoms with E-state index in [4.69, 9.17) is 4.74 Å². The van der Waals surface area contributed by atoms with Crippen LogP contribution >= 0.6 is 27.5 Å². The zero-order valence-corrected chi connectivity index (χ0v) is 19.4. The normalized spacial score (nSPS) is 14.5. The summed E-state index contributed by atoms with van der Waals surface area (Å²) < 4.78 is 12.7. The first-order valence-corrected chi connectivity index (χ1v) is 11.3.